The van der Waals surface area contributed by atoms with Crippen LogP contribution >= 0.6 is 11.6 Å². The van der Waals surface area contributed by atoms with Crippen LogP contribution in [0.2, 0.25) is 5.02 Å². The molecule has 0 bridgehead atoms. The van der Waals surface area contributed by atoms with Crippen molar-refractivity contribution in [3.63, 3.8) is 0 Å². The Hall–Kier alpha value is -3.06. The summed E-state index contributed by atoms with van der Waals surface area (Å²) in [6.45, 7) is 3.44. The summed E-state index contributed by atoms with van der Waals surface area (Å²) in [5, 5.41) is 12.2. The van der Waals surface area contributed by atoms with Crippen molar-refractivity contribution in [1.29, 1.82) is 0 Å². The maximum Gasteiger partial charge on any atom is 0.247 e. The number of hydrogen-bond acceptors (Lipinski definition) is 7. The lowest BCUT2D eigenvalue weighted by Crippen LogP contribution is -2.47. The number of anilines is 4. The van der Waals surface area contributed by atoms with E-state index in [2.05, 4.69) is 42.4 Å². The topological polar surface area (TPSA) is 66.4 Å². The number of piperazine rings is 1. The summed E-state index contributed by atoms with van der Waals surface area (Å²) >= 11 is 6.04. The Balaban J connectivity index is 1.40. The summed E-state index contributed by atoms with van der Waals surface area (Å²) < 4.78 is 5.23. The average Bonchev–Trinajstić information content (AvgIpc) is 2.74. The van der Waals surface area contributed by atoms with Crippen molar-refractivity contribution in [2.24, 2.45) is 0 Å². The molecule has 0 aliphatic carbocycles. The van der Waals surface area contributed by atoms with Crippen LogP contribution in [0.5, 0.6) is 5.75 Å². The fourth-order valence-corrected chi connectivity index (χ4v) is 3.35. The molecule has 2 aromatic carbocycles. The van der Waals surface area contributed by atoms with E-state index in [1.165, 1.54) is 5.69 Å². The Morgan fingerprint density at radius 2 is 1.75 bits per heavy atom. The largest absolute Gasteiger partial charge is 0.497 e. The highest BCUT2D eigenvalue weighted by Crippen LogP contribution is 2.23. The maximum absolute atomic E-state index is 6.04. The Morgan fingerprint density at radius 1 is 1.00 bits per heavy atom. The molecular weight excluding hydrogens is 376 g/mol. The van der Waals surface area contributed by atoms with E-state index in [1.807, 2.05) is 36.4 Å². The molecule has 2 heterocycles. The van der Waals surface area contributed by atoms with Gasteiger partial charge in [-0.15, -0.1) is 5.10 Å². The van der Waals surface area contributed by atoms with E-state index in [-0.39, 0.29) is 0 Å². The van der Waals surface area contributed by atoms with E-state index < -0.39 is 0 Å². The molecule has 7 nitrogen and oxygen atoms in total. The van der Waals surface area contributed by atoms with Gasteiger partial charge in [0.2, 0.25) is 5.95 Å². The molecule has 3 aromatic rings. The normalized spacial score (nSPS) is 14.1. The van der Waals surface area contributed by atoms with E-state index in [0.29, 0.717) is 16.8 Å². The molecule has 1 saturated heterocycles. The van der Waals surface area contributed by atoms with E-state index in [1.54, 1.807) is 13.3 Å². The summed E-state index contributed by atoms with van der Waals surface area (Å²) in [4.78, 5) is 9.10. The van der Waals surface area contributed by atoms with Crippen LogP contribution in [0.4, 0.5) is 23.1 Å². The molecule has 0 saturated carbocycles. The van der Waals surface area contributed by atoms with E-state index in [9.17, 15) is 0 Å². The van der Waals surface area contributed by atoms with Crippen molar-refractivity contribution in [2.45, 2.75) is 0 Å². The Labute approximate surface area is 168 Å². The van der Waals surface area contributed by atoms with Crippen molar-refractivity contribution in [3.8, 4) is 5.75 Å². The highest BCUT2D eigenvalue weighted by atomic mass is 35.5. The second-order valence-electron chi connectivity index (χ2n) is 6.45. The monoisotopic (exact) mass is 396 g/mol. The lowest BCUT2D eigenvalue weighted by atomic mass is 10.2. The van der Waals surface area contributed by atoms with Gasteiger partial charge in [-0.2, -0.15) is 10.1 Å². The summed E-state index contributed by atoms with van der Waals surface area (Å²) in [7, 11) is 1.68. The molecule has 0 atom stereocenters. The van der Waals surface area contributed by atoms with Crippen LogP contribution in [0.15, 0.2) is 54.7 Å². The van der Waals surface area contributed by atoms with Crippen molar-refractivity contribution in [3.05, 3.63) is 59.8 Å². The van der Waals surface area contributed by atoms with Gasteiger partial charge in [-0.1, -0.05) is 17.7 Å². The van der Waals surface area contributed by atoms with Crippen LogP contribution in [0, 0.1) is 0 Å². The van der Waals surface area contributed by atoms with Crippen LogP contribution in [0.3, 0.4) is 0 Å². The number of methoxy groups -OCH3 is 1. The molecule has 4 rings (SSSR count). The first-order valence-electron chi connectivity index (χ1n) is 9.07. The van der Waals surface area contributed by atoms with Gasteiger partial charge in [0.25, 0.3) is 0 Å². The molecular formula is C20H21ClN6O. The number of nitrogens with zero attached hydrogens (tertiary/aromatic N) is 5. The lowest BCUT2D eigenvalue weighted by molar-refractivity contribution is 0.415. The summed E-state index contributed by atoms with van der Waals surface area (Å²) in [5.41, 5.74) is 2.05. The van der Waals surface area contributed by atoms with Crippen LogP contribution in [-0.2, 0) is 0 Å². The number of halogens is 1. The first kappa shape index (κ1) is 18.3. The second kappa shape index (κ2) is 8.31. The zero-order valence-corrected chi connectivity index (χ0v) is 16.3. The van der Waals surface area contributed by atoms with Crippen molar-refractivity contribution in [1.82, 2.24) is 15.2 Å². The maximum atomic E-state index is 6.04. The van der Waals surface area contributed by atoms with Gasteiger partial charge >= 0.3 is 0 Å². The van der Waals surface area contributed by atoms with Gasteiger partial charge in [0, 0.05) is 42.6 Å². The molecule has 1 aliphatic rings. The number of ether oxygens (including phenoxy) is 1. The molecule has 1 N–H and O–H groups in total. The van der Waals surface area contributed by atoms with Crippen LogP contribution < -0.4 is 19.9 Å². The summed E-state index contributed by atoms with van der Waals surface area (Å²) in [6, 6.07) is 15.6. The summed E-state index contributed by atoms with van der Waals surface area (Å²) in [5.74, 6) is 2.14. The van der Waals surface area contributed by atoms with Crippen LogP contribution in [0.25, 0.3) is 0 Å². The predicted octanol–water partition coefficient (Wildman–Crippen LogP) is 3.60. The minimum absolute atomic E-state index is 0.626. The van der Waals surface area contributed by atoms with Gasteiger partial charge in [0.15, 0.2) is 5.82 Å². The molecule has 144 valence electrons. The standard InChI is InChI=1S/C20H21ClN6O/c1-28-18-7-5-17(6-8-18)26-9-11-27(12-10-26)20-24-19(14-22-25-20)23-16-4-2-3-15(21)13-16/h2-8,13-14H,9-12H2,1H3,(H,23,24,25). The van der Waals surface area contributed by atoms with Gasteiger partial charge in [0.1, 0.15) is 5.75 Å². The zero-order valence-electron chi connectivity index (χ0n) is 15.5. The van der Waals surface area contributed by atoms with Crippen LogP contribution in [-0.4, -0.2) is 48.5 Å². The molecule has 0 amide bonds. The zero-order chi connectivity index (χ0) is 19.3. The van der Waals surface area contributed by atoms with E-state index in [4.69, 9.17) is 16.3 Å². The number of rotatable bonds is 5. The first-order chi connectivity index (χ1) is 13.7. The highest BCUT2D eigenvalue weighted by Gasteiger charge is 2.20. The molecule has 0 radical (unpaired) electrons. The van der Waals surface area contributed by atoms with Crippen molar-refractivity contribution in [2.75, 3.05) is 48.4 Å². The average molecular weight is 397 g/mol. The van der Waals surface area contributed by atoms with Gasteiger partial charge in [0.05, 0.1) is 13.3 Å². The molecule has 0 spiro atoms. The number of hydrogen-bond donors (Lipinski definition) is 1. The van der Waals surface area contributed by atoms with E-state index in [0.717, 1.165) is 37.6 Å². The highest BCUT2D eigenvalue weighted by molar-refractivity contribution is 6.30. The minimum atomic E-state index is 0.626. The summed E-state index contributed by atoms with van der Waals surface area (Å²) in [6.07, 6.45) is 1.61. The molecule has 1 aliphatic heterocycles. The number of aromatic nitrogens is 3. The quantitative estimate of drug-likeness (QED) is 0.706. The van der Waals surface area contributed by atoms with Crippen molar-refractivity contribution < 1.29 is 4.74 Å². The lowest BCUT2D eigenvalue weighted by Gasteiger charge is -2.36. The van der Waals surface area contributed by atoms with Gasteiger partial charge in [-0.3, -0.25) is 0 Å². The van der Waals surface area contributed by atoms with Crippen molar-refractivity contribution >= 4 is 34.7 Å². The fourth-order valence-electron chi connectivity index (χ4n) is 3.16. The Kier molecular flexibility index (Phi) is 5.43. The molecule has 8 heteroatoms. The van der Waals surface area contributed by atoms with Gasteiger partial charge in [-0.05, 0) is 42.5 Å². The Bertz CT molecular complexity index is 928. The number of nitrogens with one attached hydrogen (secondary N) is 1. The smallest absolute Gasteiger partial charge is 0.247 e. The molecule has 1 fully saturated rings. The SMILES string of the molecule is COc1ccc(N2CCN(c3nncc(Nc4cccc(Cl)c4)n3)CC2)cc1. The number of benzene rings is 2. The third kappa shape index (κ3) is 4.26. The molecule has 28 heavy (non-hydrogen) atoms. The fraction of sp³-hybridized carbons (Fsp3) is 0.250. The predicted molar refractivity (Wildman–Crippen MR) is 112 cm³/mol. The van der Waals surface area contributed by atoms with E-state index >= 15 is 0 Å². The van der Waals surface area contributed by atoms with Gasteiger partial charge in [-0.25, -0.2) is 0 Å². The molecule has 1 aromatic heterocycles. The third-order valence-corrected chi connectivity index (χ3v) is 4.88. The molecule has 0 unspecified atom stereocenters. The minimum Gasteiger partial charge on any atom is -0.497 e. The Morgan fingerprint density at radius 3 is 2.46 bits per heavy atom. The second-order valence-corrected chi connectivity index (χ2v) is 6.89. The van der Waals surface area contributed by atoms with Gasteiger partial charge < -0.3 is 19.9 Å². The first-order valence-corrected chi connectivity index (χ1v) is 9.45. The third-order valence-electron chi connectivity index (χ3n) is 4.64. The van der Waals surface area contributed by atoms with Crippen LogP contribution in [0.1, 0.15) is 0 Å².